The molecule has 1 aromatic carbocycles. The summed E-state index contributed by atoms with van der Waals surface area (Å²) in [5.41, 5.74) is 2.54. The summed E-state index contributed by atoms with van der Waals surface area (Å²) in [6.45, 7) is 2.24. The van der Waals surface area contributed by atoms with Crippen molar-refractivity contribution in [2.24, 2.45) is 0 Å². The van der Waals surface area contributed by atoms with Gasteiger partial charge in [-0.15, -0.1) is 0 Å². The highest BCUT2D eigenvalue weighted by atomic mass is 79.9. The van der Waals surface area contributed by atoms with Crippen molar-refractivity contribution in [3.63, 3.8) is 0 Å². The first-order chi connectivity index (χ1) is 9.28. The van der Waals surface area contributed by atoms with Crippen LogP contribution in [0.1, 0.15) is 31.2 Å². The monoisotopic (exact) mass is 324 g/mol. The van der Waals surface area contributed by atoms with E-state index in [1.54, 1.807) is 0 Å². The SMILES string of the molecule is OCC1CCCN1c1ccc(CNC2CC2)cc1Br. The third-order valence-corrected chi connectivity index (χ3v) is 4.72. The van der Waals surface area contributed by atoms with Gasteiger partial charge in [-0.05, 0) is 59.3 Å². The van der Waals surface area contributed by atoms with Crippen LogP contribution in [0.2, 0.25) is 0 Å². The standard InChI is InChI=1S/C15H21BrN2O/c16-14-8-11(9-17-12-4-5-12)3-6-15(14)18-7-1-2-13(18)10-19/h3,6,8,12-13,17,19H,1-2,4-5,7,9-10H2. The van der Waals surface area contributed by atoms with Crippen molar-refractivity contribution < 1.29 is 5.11 Å². The molecule has 4 heteroatoms. The maximum atomic E-state index is 9.43. The van der Waals surface area contributed by atoms with Crippen molar-refractivity contribution in [2.45, 2.75) is 44.3 Å². The van der Waals surface area contributed by atoms with E-state index < -0.39 is 0 Å². The second-order valence-corrected chi connectivity index (χ2v) is 6.47. The van der Waals surface area contributed by atoms with Crippen LogP contribution in [0.4, 0.5) is 5.69 Å². The van der Waals surface area contributed by atoms with Crippen LogP contribution in [0, 0.1) is 0 Å². The Kier molecular flexibility index (Phi) is 4.10. The normalized spacial score (nSPS) is 23.1. The van der Waals surface area contributed by atoms with E-state index in [2.05, 4.69) is 44.3 Å². The second-order valence-electron chi connectivity index (χ2n) is 5.61. The molecule has 1 aromatic rings. The summed E-state index contributed by atoms with van der Waals surface area (Å²) in [6.07, 6.45) is 4.91. The van der Waals surface area contributed by atoms with Crippen molar-refractivity contribution in [3.05, 3.63) is 28.2 Å². The molecule has 0 radical (unpaired) electrons. The fourth-order valence-electron chi connectivity index (χ4n) is 2.79. The van der Waals surface area contributed by atoms with Gasteiger partial charge in [0.1, 0.15) is 0 Å². The smallest absolute Gasteiger partial charge is 0.0635 e. The second kappa shape index (κ2) is 5.81. The summed E-state index contributed by atoms with van der Waals surface area (Å²) >= 11 is 3.69. The Hall–Kier alpha value is -0.580. The maximum Gasteiger partial charge on any atom is 0.0635 e. The molecule has 2 aliphatic rings. The van der Waals surface area contributed by atoms with Crippen molar-refractivity contribution in [2.75, 3.05) is 18.1 Å². The molecule has 3 nitrogen and oxygen atoms in total. The minimum atomic E-state index is 0.247. The van der Waals surface area contributed by atoms with Crippen LogP contribution in [0.25, 0.3) is 0 Å². The average molecular weight is 325 g/mol. The van der Waals surface area contributed by atoms with E-state index in [1.165, 1.54) is 30.5 Å². The summed E-state index contributed by atoms with van der Waals surface area (Å²) in [5.74, 6) is 0. The molecular formula is C15H21BrN2O. The highest BCUT2D eigenvalue weighted by Crippen LogP contribution is 2.33. The number of hydrogen-bond donors (Lipinski definition) is 2. The lowest BCUT2D eigenvalue weighted by molar-refractivity contribution is 0.266. The van der Waals surface area contributed by atoms with Crippen molar-refractivity contribution in [3.8, 4) is 0 Å². The first kappa shape index (κ1) is 13.4. The molecule has 2 N–H and O–H groups in total. The van der Waals surface area contributed by atoms with Gasteiger partial charge in [0.2, 0.25) is 0 Å². The number of aliphatic hydroxyl groups is 1. The van der Waals surface area contributed by atoms with Gasteiger partial charge in [0.25, 0.3) is 0 Å². The molecule has 0 amide bonds. The fraction of sp³-hybridized carbons (Fsp3) is 0.600. The van der Waals surface area contributed by atoms with Crippen LogP contribution in [0.15, 0.2) is 22.7 Å². The van der Waals surface area contributed by atoms with Gasteiger partial charge >= 0.3 is 0 Å². The number of nitrogens with zero attached hydrogens (tertiary/aromatic N) is 1. The third kappa shape index (κ3) is 3.12. The number of halogens is 1. The van der Waals surface area contributed by atoms with Gasteiger partial charge in [0.05, 0.1) is 18.3 Å². The van der Waals surface area contributed by atoms with E-state index in [4.69, 9.17) is 0 Å². The zero-order valence-corrected chi connectivity index (χ0v) is 12.7. The summed E-state index contributed by atoms with van der Waals surface area (Å²) < 4.78 is 1.14. The molecule has 19 heavy (non-hydrogen) atoms. The Morgan fingerprint density at radius 2 is 2.16 bits per heavy atom. The van der Waals surface area contributed by atoms with E-state index >= 15 is 0 Å². The minimum Gasteiger partial charge on any atom is -0.394 e. The van der Waals surface area contributed by atoms with Crippen LogP contribution in [-0.4, -0.2) is 30.3 Å². The predicted octanol–water partition coefficient (Wildman–Crippen LogP) is 2.66. The predicted molar refractivity (Wildman–Crippen MR) is 81.5 cm³/mol. The van der Waals surface area contributed by atoms with Crippen LogP contribution in [-0.2, 0) is 6.54 Å². The van der Waals surface area contributed by atoms with E-state index in [0.29, 0.717) is 0 Å². The lowest BCUT2D eigenvalue weighted by Crippen LogP contribution is -2.32. The van der Waals surface area contributed by atoms with Gasteiger partial charge in [-0.1, -0.05) is 6.07 Å². The third-order valence-electron chi connectivity index (χ3n) is 4.08. The number of rotatable bonds is 5. The molecule has 0 bridgehead atoms. The molecule has 2 fully saturated rings. The highest BCUT2D eigenvalue weighted by Gasteiger charge is 2.25. The quantitative estimate of drug-likeness (QED) is 0.874. The fourth-order valence-corrected chi connectivity index (χ4v) is 3.44. The van der Waals surface area contributed by atoms with Gasteiger partial charge < -0.3 is 15.3 Å². The number of hydrogen-bond acceptors (Lipinski definition) is 3. The van der Waals surface area contributed by atoms with Gasteiger partial charge in [-0.3, -0.25) is 0 Å². The molecule has 1 aliphatic carbocycles. The minimum absolute atomic E-state index is 0.247. The van der Waals surface area contributed by atoms with Crippen molar-refractivity contribution in [1.29, 1.82) is 0 Å². The summed E-state index contributed by atoms with van der Waals surface area (Å²) in [5, 5.41) is 13.0. The van der Waals surface area contributed by atoms with Crippen molar-refractivity contribution >= 4 is 21.6 Å². The Morgan fingerprint density at radius 3 is 2.84 bits per heavy atom. The largest absolute Gasteiger partial charge is 0.394 e. The van der Waals surface area contributed by atoms with Crippen LogP contribution in [0.3, 0.4) is 0 Å². The summed E-state index contributed by atoms with van der Waals surface area (Å²) in [4.78, 5) is 2.32. The molecule has 1 saturated carbocycles. The topological polar surface area (TPSA) is 35.5 Å². The van der Waals surface area contributed by atoms with Gasteiger partial charge in [0.15, 0.2) is 0 Å². The van der Waals surface area contributed by atoms with E-state index in [-0.39, 0.29) is 12.6 Å². The number of aliphatic hydroxyl groups excluding tert-OH is 1. The summed E-state index contributed by atoms with van der Waals surface area (Å²) in [7, 11) is 0. The zero-order chi connectivity index (χ0) is 13.2. The molecule has 1 unspecified atom stereocenters. The Bertz CT molecular complexity index is 448. The highest BCUT2D eigenvalue weighted by molar-refractivity contribution is 9.10. The van der Waals surface area contributed by atoms with Gasteiger partial charge in [-0.25, -0.2) is 0 Å². The lowest BCUT2D eigenvalue weighted by Gasteiger charge is -2.26. The Morgan fingerprint density at radius 1 is 1.32 bits per heavy atom. The number of benzene rings is 1. The van der Waals surface area contributed by atoms with Crippen LogP contribution < -0.4 is 10.2 Å². The zero-order valence-electron chi connectivity index (χ0n) is 11.1. The van der Waals surface area contributed by atoms with Gasteiger partial charge in [-0.2, -0.15) is 0 Å². The van der Waals surface area contributed by atoms with Crippen LogP contribution >= 0.6 is 15.9 Å². The molecule has 1 atom stereocenters. The lowest BCUT2D eigenvalue weighted by atomic mass is 10.1. The first-order valence-electron chi connectivity index (χ1n) is 7.17. The maximum absolute atomic E-state index is 9.43. The number of anilines is 1. The Labute approximate surface area is 123 Å². The van der Waals surface area contributed by atoms with Crippen LogP contribution in [0.5, 0.6) is 0 Å². The number of nitrogens with one attached hydrogen (secondary N) is 1. The van der Waals surface area contributed by atoms with E-state index in [0.717, 1.165) is 30.0 Å². The molecule has 1 aliphatic heterocycles. The molecule has 0 spiro atoms. The molecule has 3 rings (SSSR count). The van der Waals surface area contributed by atoms with E-state index in [1.807, 2.05) is 0 Å². The summed E-state index contributed by atoms with van der Waals surface area (Å²) in [6, 6.07) is 7.62. The molecule has 0 aromatic heterocycles. The molecule has 1 heterocycles. The molecule has 1 saturated heterocycles. The molecule has 104 valence electrons. The molecular weight excluding hydrogens is 304 g/mol. The van der Waals surface area contributed by atoms with Crippen molar-refractivity contribution in [1.82, 2.24) is 5.32 Å². The average Bonchev–Trinajstić information content (AvgIpc) is 3.13. The van der Waals surface area contributed by atoms with E-state index in [9.17, 15) is 5.11 Å². The Balaban J connectivity index is 1.71. The van der Waals surface area contributed by atoms with Gasteiger partial charge in [0, 0.05) is 23.6 Å². The first-order valence-corrected chi connectivity index (χ1v) is 7.96.